The van der Waals surface area contributed by atoms with Crippen molar-refractivity contribution in [1.29, 1.82) is 0 Å². The van der Waals surface area contributed by atoms with Gasteiger partial charge in [-0.25, -0.2) is 18.4 Å². The number of pyridine rings is 1. The Balaban J connectivity index is 1.19. The molecule has 1 atom stereocenters. The lowest BCUT2D eigenvalue weighted by Gasteiger charge is -2.24. The molecule has 15 heteroatoms. The van der Waals surface area contributed by atoms with Crippen LogP contribution in [-0.4, -0.2) is 96.4 Å². The first kappa shape index (κ1) is 38.5. The molecule has 0 saturated carbocycles. The number of likely N-dealkylation sites (tertiary alicyclic amines) is 1. The second kappa shape index (κ2) is 17.6. The normalized spacial score (nSPS) is 15.1. The number of halogens is 2. The lowest BCUT2D eigenvalue weighted by molar-refractivity contribution is -0.141. The molecule has 5 rings (SSSR count). The van der Waals surface area contributed by atoms with E-state index in [4.69, 9.17) is 37.7 Å². The van der Waals surface area contributed by atoms with E-state index in [1.165, 1.54) is 19.1 Å². The zero-order chi connectivity index (χ0) is 36.5. The molecule has 12 nitrogen and oxygen atoms in total. The van der Waals surface area contributed by atoms with Crippen molar-refractivity contribution in [3.05, 3.63) is 76.4 Å². The van der Waals surface area contributed by atoms with E-state index < -0.39 is 15.9 Å². The molecule has 1 fully saturated rings. The molecule has 4 aromatic rings. The van der Waals surface area contributed by atoms with Crippen LogP contribution in [0.3, 0.4) is 0 Å². The van der Waals surface area contributed by atoms with E-state index in [1.54, 1.807) is 23.5 Å². The maximum atomic E-state index is 13.8. The molecule has 1 amide bonds. The Kier molecular flexibility index (Phi) is 13.3. The standard InChI is InChI=1S/C36H44Cl2N6O6S/c1-25-21-31(43-19-15-39-23-43)27-9-6-11-32(35(27)41-25)50-22-28-29(37)12-13-33(34(28)38)51(47,48)24-44-18-7-10-30(44)36(46)40-14-8-17-42(3)16-4-5-20-49-26(2)45/h6,9,11-13,15,19,21,23,30H,4-5,7-8,10,14,16-18,20,22,24H2,1-3H3,(H,40,46). The summed E-state index contributed by atoms with van der Waals surface area (Å²) in [5.74, 6) is -0.314. The SMILES string of the molecule is CC(=O)OCCCCN(C)CCCNC(=O)C1CCCN1CS(=O)(=O)c1ccc(Cl)c(COc2cccc3c(-n4ccnc4)cc(C)nc23)c1Cl. The van der Waals surface area contributed by atoms with Gasteiger partial charge in [0.05, 0.1) is 34.6 Å². The summed E-state index contributed by atoms with van der Waals surface area (Å²) in [4.78, 5) is 36.7. The Morgan fingerprint density at radius 2 is 1.92 bits per heavy atom. The number of aryl methyl sites for hydroxylation is 1. The number of para-hydroxylation sites is 1. The van der Waals surface area contributed by atoms with E-state index in [-0.39, 0.29) is 39.3 Å². The van der Waals surface area contributed by atoms with Gasteiger partial charge < -0.3 is 24.3 Å². The predicted octanol–water partition coefficient (Wildman–Crippen LogP) is 5.59. The van der Waals surface area contributed by atoms with Gasteiger partial charge in [0.1, 0.15) is 23.7 Å². The van der Waals surface area contributed by atoms with Crippen molar-refractivity contribution < 1.29 is 27.5 Å². The lowest BCUT2D eigenvalue weighted by atomic mass is 10.1. The molecule has 1 N–H and O–H groups in total. The highest BCUT2D eigenvalue weighted by molar-refractivity contribution is 7.91. The third kappa shape index (κ3) is 9.98. The molecule has 0 spiro atoms. The molecule has 0 radical (unpaired) electrons. The van der Waals surface area contributed by atoms with Crippen molar-refractivity contribution in [2.24, 2.45) is 0 Å². The van der Waals surface area contributed by atoms with Crippen LogP contribution < -0.4 is 10.1 Å². The molecule has 0 bridgehead atoms. The number of unbranched alkanes of at least 4 members (excludes halogenated alkanes) is 1. The van der Waals surface area contributed by atoms with Crippen LogP contribution in [0.2, 0.25) is 10.0 Å². The number of carbonyl (C=O) groups is 2. The average molecular weight is 760 g/mol. The maximum absolute atomic E-state index is 13.8. The zero-order valence-corrected chi connectivity index (χ0v) is 31.4. The van der Waals surface area contributed by atoms with Crippen LogP contribution in [-0.2, 0) is 30.8 Å². The van der Waals surface area contributed by atoms with Gasteiger partial charge in [-0.1, -0.05) is 35.3 Å². The first-order chi connectivity index (χ1) is 24.4. The molecule has 1 saturated heterocycles. The fourth-order valence-electron chi connectivity index (χ4n) is 6.21. The first-order valence-electron chi connectivity index (χ1n) is 17.0. The minimum absolute atomic E-state index is 0.0123. The van der Waals surface area contributed by atoms with Gasteiger partial charge in [-0.3, -0.25) is 14.5 Å². The number of benzene rings is 2. The van der Waals surface area contributed by atoms with Crippen LogP contribution in [0.5, 0.6) is 5.75 Å². The fraction of sp³-hybridized carbons (Fsp3) is 0.444. The molecule has 274 valence electrons. The molecule has 2 aromatic heterocycles. The van der Waals surface area contributed by atoms with Crippen molar-refractivity contribution in [3.63, 3.8) is 0 Å². The summed E-state index contributed by atoms with van der Waals surface area (Å²) in [6.07, 6.45) is 9.00. The number of nitrogens with one attached hydrogen (secondary N) is 1. The number of fused-ring (bicyclic) bond motifs is 1. The van der Waals surface area contributed by atoms with E-state index in [2.05, 4.69) is 15.2 Å². The van der Waals surface area contributed by atoms with E-state index >= 15 is 0 Å². The number of hydrogen-bond donors (Lipinski definition) is 1. The van der Waals surface area contributed by atoms with Gasteiger partial charge >= 0.3 is 5.97 Å². The number of carbonyl (C=O) groups excluding carboxylic acids is 2. The molecule has 0 aliphatic carbocycles. The van der Waals surface area contributed by atoms with Crippen molar-refractivity contribution >= 4 is 55.8 Å². The number of ether oxygens (including phenoxy) is 2. The number of rotatable bonds is 17. The maximum Gasteiger partial charge on any atom is 0.302 e. The number of amides is 1. The Hall–Kier alpha value is -3.75. The molecule has 3 heterocycles. The summed E-state index contributed by atoms with van der Waals surface area (Å²) in [6.45, 7) is 6.24. The monoisotopic (exact) mass is 758 g/mol. The lowest BCUT2D eigenvalue weighted by Crippen LogP contribution is -2.45. The topological polar surface area (TPSA) is 136 Å². The summed E-state index contributed by atoms with van der Waals surface area (Å²) in [6, 6.07) is 9.92. The van der Waals surface area contributed by atoms with E-state index in [1.807, 2.05) is 42.9 Å². The van der Waals surface area contributed by atoms with E-state index in [0.717, 1.165) is 49.1 Å². The Morgan fingerprint density at radius 3 is 2.69 bits per heavy atom. The van der Waals surface area contributed by atoms with Gasteiger partial charge in [-0.15, -0.1) is 0 Å². The molecule has 1 unspecified atom stereocenters. The number of aromatic nitrogens is 3. The third-order valence-corrected chi connectivity index (χ3v) is 11.4. The van der Waals surface area contributed by atoms with Gasteiger partial charge in [-0.05, 0) is 83.4 Å². The predicted molar refractivity (Wildman–Crippen MR) is 197 cm³/mol. The second-order valence-corrected chi connectivity index (χ2v) is 15.5. The molecular formula is C36H44Cl2N6O6S. The highest BCUT2D eigenvalue weighted by Gasteiger charge is 2.35. The minimum Gasteiger partial charge on any atom is -0.487 e. The number of sulfone groups is 1. The summed E-state index contributed by atoms with van der Waals surface area (Å²) in [7, 11) is -1.93. The molecule has 1 aliphatic heterocycles. The summed E-state index contributed by atoms with van der Waals surface area (Å²) < 4.78 is 40.6. The van der Waals surface area contributed by atoms with E-state index in [0.29, 0.717) is 49.4 Å². The highest BCUT2D eigenvalue weighted by atomic mass is 35.5. The average Bonchev–Trinajstić information content (AvgIpc) is 3.79. The van der Waals surface area contributed by atoms with Crippen molar-refractivity contribution in [2.75, 3.05) is 45.7 Å². The van der Waals surface area contributed by atoms with Gasteiger partial charge in [0, 0.05) is 54.1 Å². The van der Waals surface area contributed by atoms with Crippen LogP contribution in [0.1, 0.15) is 50.3 Å². The molecule has 51 heavy (non-hydrogen) atoms. The first-order valence-corrected chi connectivity index (χ1v) is 19.4. The van der Waals surface area contributed by atoms with Gasteiger partial charge in [-0.2, -0.15) is 0 Å². The second-order valence-electron chi connectivity index (χ2n) is 12.7. The Bertz CT molecular complexity index is 1940. The molecule has 1 aliphatic rings. The smallest absolute Gasteiger partial charge is 0.302 e. The number of imidazole rings is 1. The van der Waals surface area contributed by atoms with Gasteiger partial charge in [0.15, 0.2) is 9.84 Å². The third-order valence-electron chi connectivity index (χ3n) is 8.81. The minimum atomic E-state index is -3.94. The van der Waals surface area contributed by atoms with Gasteiger partial charge in [0.2, 0.25) is 5.91 Å². The molecular weight excluding hydrogens is 715 g/mol. The fourth-order valence-corrected chi connectivity index (χ4v) is 8.60. The quantitative estimate of drug-likeness (QED) is 0.107. The summed E-state index contributed by atoms with van der Waals surface area (Å²) >= 11 is 13.3. The Morgan fingerprint density at radius 1 is 1.12 bits per heavy atom. The summed E-state index contributed by atoms with van der Waals surface area (Å²) in [5, 5.41) is 4.09. The van der Waals surface area contributed by atoms with Crippen LogP contribution in [0.25, 0.3) is 16.6 Å². The largest absolute Gasteiger partial charge is 0.487 e. The number of hydrogen-bond acceptors (Lipinski definition) is 10. The van der Waals surface area contributed by atoms with E-state index in [9.17, 15) is 18.0 Å². The van der Waals surface area contributed by atoms with Crippen molar-refractivity contribution in [1.82, 2.24) is 29.7 Å². The molecule has 2 aromatic carbocycles. The highest BCUT2D eigenvalue weighted by Crippen LogP contribution is 2.35. The zero-order valence-electron chi connectivity index (χ0n) is 29.1. The van der Waals surface area contributed by atoms with Crippen molar-refractivity contribution in [2.45, 2.75) is 63.5 Å². The number of nitrogens with zero attached hydrogens (tertiary/aromatic N) is 5. The summed E-state index contributed by atoms with van der Waals surface area (Å²) in [5.41, 5.74) is 2.65. The van der Waals surface area contributed by atoms with Crippen LogP contribution >= 0.6 is 23.2 Å². The van der Waals surface area contributed by atoms with Crippen LogP contribution in [0, 0.1) is 6.92 Å². The Labute approximate surface area is 309 Å². The van der Waals surface area contributed by atoms with Crippen molar-refractivity contribution in [3.8, 4) is 11.4 Å². The number of esters is 1. The van der Waals surface area contributed by atoms with Crippen LogP contribution in [0.4, 0.5) is 0 Å². The van der Waals surface area contributed by atoms with Gasteiger partial charge in [0.25, 0.3) is 0 Å². The van der Waals surface area contributed by atoms with Crippen LogP contribution in [0.15, 0.2) is 60.0 Å².